The molecule has 2 saturated carbocycles. The molecule has 0 aromatic heterocycles. The van der Waals surface area contributed by atoms with E-state index in [1.165, 1.54) is 25.7 Å². The minimum absolute atomic E-state index is 0.127. The Hall–Kier alpha value is -1.40. The molecule has 0 atom stereocenters. The van der Waals surface area contributed by atoms with Crippen molar-refractivity contribution in [1.82, 2.24) is 9.62 Å². The van der Waals surface area contributed by atoms with Crippen molar-refractivity contribution in [2.75, 3.05) is 13.1 Å². The van der Waals surface area contributed by atoms with Crippen LogP contribution in [-0.2, 0) is 21.4 Å². The predicted octanol–water partition coefficient (Wildman–Crippen LogP) is 2.91. The molecule has 1 saturated heterocycles. The minimum atomic E-state index is -3.36. The van der Waals surface area contributed by atoms with Gasteiger partial charge in [-0.25, -0.2) is 8.42 Å². The molecular weight excluding hydrogens is 348 g/mol. The Morgan fingerprint density at radius 2 is 1.62 bits per heavy atom. The molecule has 2 aliphatic carbocycles. The van der Waals surface area contributed by atoms with E-state index in [0.717, 1.165) is 30.2 Å². The number of hydrogen-bond donors (Lipinski definition) is 1. The van der Waals surface area contributed by atoms with Gasteiger partial charge in [-0.05, 0) is 74.0 Å². The predicted molar refractivity (Wildman–Crippen MR) is 99.8 cm³/mol. The van der Waals surface area contributed by atoms with Gasteiger partial charge in [-0.2, -0.15) is 4.31 Å². The highest BCUT2D eigenvalue weighted by molar-refractivity contribution is 7.89. The van der Waals surface area contributed by atoms with Crippen LogP contribution in [0.25, 0.3) is 0 Å². The molecule has 1 amide bonds. The molecule has 0 bridgehead atoms. The zero-order chi connectivity index (χ0) is 18.1. The number of nitrogens with one attached hydrogen (secondary N) is 1. The summed E-state index contributed by atoms with van der Waals surface area (Å²) < 4.78 is 26.6. The van der Waals surface area contributed by atoms with Gasteiger partial charge in [-0.1, -0.05) is 12.1 Å². The quantitative estimate of drug-likeness (QED) is 0.759. The summed E-state index contributed by atoms with van der Waals surface area (Å²) >= 11 is 0. The van der Waals surface area contributed by atoms with Gasteiger partial charge in [-0.3, -0.25) is 4.79 Å². The van der Waals surface area contributed by atoms with Crippen molar-refractivity contribution in [1.29, 1.82) is 0 Å². The number of rotatable bonds is 8. The summed E-state index contributed by atoms with van der Waals surface area (Å²) in [5.41, 5.74) is 0.938. The van der Waals surface area contributed by atoms with Crippen molar-refractivity contribution in [3.05, 3.63) is 29.8 Å². The molecule has 0 radical (unpaired) electrons. The molecule has 1 aliphatic heterocycles. The summed E-state index contributed by atoms with van der Waals surface area (Å²) in [5.74, 6) is 2.28. The van der Waals surface area contributed by atoms with Crippen molar-refractivity contribution < 1.29 is 13.2 Å². The summed E-state index contributed by atoms with van der Waals surface area (Å²) in [6.45, 7) is 1.69. The van der Waals surface area contributed by atoms with Gasteiger partial charge in [0.15, 0.2) is 0 Å². The van der Waals surface area contributed by atoms with E-state index in [-0.39, 0.29) is 5.91 Å². The first-order valence-corrected chi connectivity index (χ1v) is 11.3. The van der Waals surface area contributed by atoms with Crippen molar-refractivity contribution in [3.8, 4) is 0 Å². The van der Waals surface area contributed by atoms with Crippen LogP contribution in [0.2, 0.25) is 0 Å². The van der Waals surface area contributed by atoms with Crippen LogP contribution < -0.4 is 5.32 Å². The maximum absolute atomic E-state index is 12.5. The van der Waals surface area contributed by atoms with E-state index < -0.39 is 10.0 Å². The van der Waals surface area contributed by atoms with E-state index in [1.807, 2.05) is 12.1 Å². The van der Waals surface area contributed by atoms with Gasteiger partial charge in [0.2, 0.25) is 15.9 Å². The molecule has 4 rings (SSSR count). The molecule has 5 nitrogen and oxygen atoms in total. The fourth-order valence-electron chi connectivity index (χ4n) is 4.11. The van der Waals surface area contributed by atoms with Crippen LogP contribution in [0.15, 0.2) is 29.2 Å². The Balaban J connectivity index is 1.30. The monoisotopic (exact) mass is 376 g/mol. The zero-order valence-corrected chi connectivity index (χ0v) is 16.0. The van der Waals surface area contributed by atoms with Crippen molar-refractivity contribution in [2.24, 2.45) is 17.8 Å². The van der Waals surface area contributed by atoms with E-state index >= 15 is 0 Å². The fraction of sp³-hybridized carbons (Fsp3) is 0.650. The Kier molecular flexibility index (Phi) is 5.06. The van der Waals surface area contributed by atoms with Crippen LogP contribution in [0.1, 0.15) is 50.5 Å². The Morgan fingerprint density at radius 3 is 2.15 bits per heavy atom. The molecule has 142 valence electrons. The smallest absolute Gasteiger partial charge is 0.243 e. The maximum atomic E-state index is 12.5. The van der Waals surface area contributed by atoms with Gasteiger partial charge in [0.25, 0.3) is 0 Å². The maximum Gasteiger partial charge on any atom is 0.243 e. The minimum Gasteiger partial charge on any atom is -0.352 e. The van der Waals surface area contributed by atoms with E-state index in [2.05, 4.69) is 5.32 Å². The largest absolute Gasteiger partial charge is 0.352 e. The van der Waals surface area contributed by atoms with Crippen LogP contribution in [0, 0.1) is 17.8 Å². The molecular formula is C20H28N2O3S. The number of hydrogen-bond acceptors (Lipinski definition) is 3. The molecule has 1 N–H and O–H groups in total. The highest BCUT2D eigenvalue weighted by atomic mass is 32.2. The highest BCUT2D eigenvalue weighted by Crippen LogP contribution is 2.50. The van der Waals surface area contributed by atoms with Crippen molar-refractivity contribution in [3.63, 3.8) is 0 Å². The van der Waals surface area contributed by atoms with Crippen LogP contribution in [0.4, 0.5) is 0 Å². The number of benzene rings is 1. The lowest BCUT2D eigenvalue weighted by Gasteiger charge is -2.16. The second-order valence-electron chi connectivity index (χ2n) is 8.07. The third-order valence-electron chi connectivity index (χ3n) is 5.99. The number of nitrogens with zero attached hydrogens (tertiary/aromatic N) is 1. The molecule has 0 unspecified atom stereocenters. The van der Waals surface area contributed by atoms with Crippen LogP contribution in [0.5, 0.6) is 0 Å². The second-order valence-corrected chi connectivity index (χ2v) is 10.0. The van der Waals surface area contributed by atoms with E-state index in [0.29, 0.717) is 36.9 Å². The number of carbonyl (C=O) groups excluding carboxylic acids is 1. The summed E-state index contributed by atoms with van der Waals surface area (Å²) in [6, 6.07) is 6.93. The first kappa shape index (κ1) is 18.0. The van der Waals surface area contributed by atoms with Gasteiger partial charge < -0.3 is 5.32 Å². The highest BCUT2D eigenvalue weighted by Gasteiger charge is 2.42. The number of amides is 1. The molecule has 26 heavy (non-hydrogen) atoms. The topological polar surface area (TPSA) is 66.5 Å². The summed E-state index contributed by atoms with van der Waals surface area (Å²) in [4.78, 5) is 12.6. The summed E-state index contributed by atoms with van der Waals surface area (Å²) in [6.07, 6.45) is 7.69. The SMILES string of the molecule is O=C(CC(C1CC1)C1CC1)NCc1ccc(S(=O)(=O)N2CCCC2)cc1. The average molecular weight is 377 g/mol. The summed E-state index contributed by atoms with van der Waals surface area (Å²) in [5, 5.41) is 3.01. The molecule has 1 aromatic rings. The van der Waals surface area contributed by atoms with E-state index in [9.17, 15) is 13.2 Å². The Morgan fingerprint density at radius 1 is 1.04 bits per heavy atom. The summed E-state index contributed by atoms with van der Waals surface area (Å²) in [7, 11) is -3.36. The average Bonchev–Trinajstić information content (AvgIpc) is 3.58. The molecule has 3 fully saturated rings. The molecule has 1 aromatic carbocycles. The molecule has 1 heterocycles. The van der Waals surface area contributed by atoms with Gasteiger partial charge in [0, 0.05) is 26.1 Å². The molecule has 3 aliphatic rings. The van der Waals surface area contributed by atoms with E-state index in [1.54, 1.807) is 16.4 Å². The van der Waals surface area contributed by atoms with Crippen LogP contribution >= 0.6 is 0 Å². The van der Waals surface area contributed by atoms with Crippen LogP contribution in [-0.4, -0.2) is 31.7 Å². The number of sulfonamides is 1. The number of carbonyl (C=O) groups is 1. The zero-order valence-electron chi connectivity index (χ0n) is 15.2. The lowest BCUT2D eigenvalue weighted by molar-refractivity contribution is -0.122. The third kappa shape index (κ3) is 4.12. The fourth-order valence-corrected chi connectivity index (χ4v) is 5.63. The van der Waals surface area contributed by atoms with Crippen LogP contribution in [0.3, 0.4) is 0 Å². The standard InChI is InChI=1S/C20H28N2O3S/c23-20(13-19(16-5-6-16)17-7-8-17)21-14-15-3-9-18(10-4-15)26(24,25)22-11-1-2-12-22/h3-4,9-10,16-17,19H,1-2,5-8,11-14H2,(H,21,23). The van der Waals surface area contributed by atoms with Gasteiger partial charge in [0.1, 0.15) is 0 Å². The van der Waals surface area contributed by atoms with Crippen molar-refractivity contribution in [2.45, 2.75) is 56.4 Å². The molecule has 0 spiro atoms. The Labute approximate surface area is 156 Å². The van der Waals surface area contributed by atoms with E-state index in [4.69, 9.17) is 0 Å². The Bertz CT molecular complexity index is 734. The first-order chi connectivity index (χ1) is 12.5. The second kappa shape index (κ2) is 7.31. The van der Waals surface area contributed by atoms with Crippen molar-refractivity contribution >= 4 is 15.9 Å². The first-order valence-electron chi connectivity index (χ1n) is 9.90. The van der Waals surface area contributed by atoms with Gasteiger partial charge in [-0.15, -0.1) is 0 Å². The normalized spacial score (nSPS) is 21.3. The molecule has 6 heteroatoms. The lowest BCUT2D eigenvalue weighted by atomic mass is 9.94. The third-order valence-corrected chi connectivity index (χ3v) is 7.90. The van der Waals surface area contributed by atoms with Gasteiger partial charge >= 0.3 is 0 Å². The lowest BCUT2D eigenvalue weighted by Crippen LogP contribution is -2.28. The van der Waals surface area contributed by atoms with Gasteiger partial charge in [0.05, 0.1) is 4.90 Å².